The Morgan fingerprint density at radius 1 is 1.25 bits per heavy atom. The van der Waals surface area contributed by atoms with E-state index in [2.05, 4.69) is 10.6 Å². The number of hydrogen-bond acceptors (Lipinski definition) is 4. The highest BCUT2D eigenvalue weighted by molar-refractivity contribution is 5.95. The molecule has 6 nitrogen and oxygen atoms in total. The average molecular weight is 332 g/mol. The fraction of sp³-hybridized carbons (Fsp3) is 0.444. The topological polar surface area (TPSA) is 87.7 Å². The van der Waals surface area contributed by atoms with Crippen LogP contribution in [0.4, 0.5) is 4.79 Å². The van der Waals surface area contributed by atoms with Gasteiger partial charge in [-0.15, -0.1) is 0 Å². The van der Waals surface area contributed by atoms with Crippen LogP contribution in [-0.2, 0) is 9.53 Å². The molecule has 0 spiro atoms. The lowest BCUT2D eigenvalue weighted by molar-refractivity contribution is -0.149. The summed E-state index contributed by atoms with van der Waals surface area (Å²) in [6.07, 6.45) is -0.289. The fourth-order valence-electron chi connectivity index (χ4n) is 2.28. The minimum atomic E-state index is -0.626. The van der Waals surface area contributed by atoms with E-state index < -0.39 is 12.0 Å². The smallest absolute Gasteiger partial charge is 0.338 e. The molecule has 2 atom stereocenters. The first kappa shape index (κ1) is 17.8. The molecule has 1 aromatic rings. The first-order valence-corrected chi connectivity index (χ1v) is 7.88. The minimum absolute atomic E-state index is 0.116. The monoisotopic (exact) mass is 332 g/mol. The van der Waals surface area contributed by atoms with Crippen LogP contribution in [0.2, 0.25) is 0 Å². The summed E-state index contributed by atoms with van der Waals surface area (Å²) in [6.45, 7) is 9.49. The van der Waals surface area contributed by atoms with Gasteiger partial charge in [0.05, 0.1) is 11.6 Å². The number of allylic oxidation sites excluding steroid dienone is 1. The number of esters is 1. The molecular weight excluding hydrogens is 308 g/mol. The van der Waals surface area contributed by atoms with E-state index >= 15 is 0 Å². The maximum absolute atomic E-state index is 12.7. The first-order valence-electron chi connectivity index (χ1n) is 7.88. The zero-order chi connectivity index (χ0) is 18.1. The molecule has 0 fully saturated rings. The molecule has 6 heteroatoms. The summed E-state index contributed by atoms with van der Waals surface area (Å²) in [5.41, 5.74) is 1.32. The highest BCUT2D eigenvalue weighted by Gasteiger charge is 2.34. The SMILES string of the molecule is CC1=C(C(=O)O[C@@H](C)C(C)(C)C)[C@@H](c2ccc(O)cc2)NC(=O)N1. The van der Waals surface area contributed by atoms with Crippen LogP contribution >= 0.6 is 0 Å². The number of rotatable bonds is 3. The largest absolute Gasteiger partial charge is 0.508 e. The number of phenols is 1. The van der Waals surface area contributed by atoms with Crippen molar-refractivity contribution < 1.29 is 19.4 Å². The van der Waals surface area contributed by atoms with Crippen LogP contribution in [0.1, 0.15) is 46.2 Å². The van der Waals surface area contributed by atoms with Crippen molar-refractivity contribution in [3.8, 4) is 5.75 Å². The molecule has 1 aliphatic heterocycles. The molecule has 0 radical (unpaired) electrons. The Balaban J connectivity index is 2.35. The average Bonchev–Trinajstić information content (AvgIpc) is 2.45. The molecule has 2 amide bonds. The number of aromatic hydroxyl groups is 1. The molecule has 130 valence electrons. The molecule has 0 saturated heterocycles. The van der Waals surface area contributed by atoms with E-state index in [1.54, 1.807) is 19.1 Å². The van der Waals surface area contributed by atoms with E-state index in [1.807, 2.05) is 27.7 Å². The second-order valence-corrected chi connectivity index (χ2v) is 7.08. The molecule has 24 heavy (non-hydrogen) atoms. The lowest BCUT2D eigenvalue weighted by atomic mass is 9.90. The number of phenolic OH excluding ortho intramolecular Hbond substituents is 1. The second-order valence-electron chi connectivity index (χ2n) is 7.08. The first-order chi connectivity index (χ1) is 11.1. The van der Waals surface area contributed by atoms with Crippen molar-refractivity contribution >= 4 is 12.0 Å². The Morgan fingerprint density at radius 3 is 2.38 bits per heavy atom. The summed E-state index contributed by atoms with van der Waals surface area (Å²) >= 11 is 0. The number of hydrogen-bond donors (Lipinski definition) is 3. The van der Waals surface area contributed by atoms with Crippen LogP contribution in [-0.4, -0.2) is 23.2 Å². The maximum Gasteiger partial charge on any atom is 0.338 e. The highest BCUT2D eigenvalue weighted by atomic mass is 16.5. The van der Waals surface area contributed by atoms with Gasteiger partial charge in [0.1, 0.15) is 11.9 Å². The quantitative estimate of drug-likeness (QED) is 0.743. The van der Waals surface area contributed by atoms with Crippen molar-refractivity contribution in [2.45, 2.75) is 46.8 Å². The normalized spacial score (nSPS) is 19.4. The van der Waals surface area contributed by atoms with Crippen molar-refractivity contribution in [3.63, 3.8) is 0 Å². The molecule has 2 rings (SSSR count). The van der Waals surface area contributed by atoms with Crippen LogP contribution in [0.25, 0.3) is 0 Å². The van der Waals surface area contributed by atoms with E-state index in [4.69, 9.17) is 4.74 Å². The van der Waals surface area contributed by atoms with Crippen molar-refractivity contribution in [1.29, 1.82) is 0 Å². The van der Waals surface area contributed by atoms with Gasteiger partial charge in [-0.25, -0.2) is 9.59 Å². The molecule has 0 saturated carbocycles. The predicted octanol–water partition coefficient (Wildman–Crippen LogP) is 3.00. The van der Waals surface area contributed by atoms with Gasteiger partial charge in [-0.3, -0.25) is 0 Å². The van der Waals surface area contributed by atoms with Gasteiger partial charge in [0, 0.05) is 5.70 Å². The molecule has 0 aliphatic carbocycles. The Hall–Kier alpha value is -2.50. The van der Waals surface area contributed by atoms with Crippen molar-refractivity contribution in [2.75, 3.05) is 0 Å². The van der Waals surface area contributed by atoms with Crippen molar-refractivity contribution in [2.24, 2.45) is 5.41 Å². The molecular formula is C18H24N2O4. The van der Waals surface area contributed by atoms with E-state index in [-0.39, 0.29) is 23.3 Å². The third-order valence-corrected chi connectivity index (χ3v) is 4.22. The van der Waals surface area contributed by atoms with Crippen LogP contribution in [0.5, 0.6) is 5.75 Å². The van der Waals surface area contributed by atoms with E-state index in [9.17, 15) is 14.7 Å². The Bertz CT molecular complexity index is 671. The van der Waals surface area contributed by atoms with Gasteiger partial charge in [-0.1, -0.05) is 32.9 Å². The number of carbonyl (C=O) groups is 2. The summed E-state index contributed by atoms with van der Waals surface area (Å²) in [5, 5.41) is 14.8. The molecule has 1 aromatic carbocycles. The Kier molecular flexibility index (Phi) is 4.87. The van der Waals surface area contributed by atoms with Crippen LogP contribution in [0, 0.1) is 5.41 Å². The molecule has 1 heterocycles. The third-order valence-electron chi connectivity index (χ3n) is 4.22. The molecule has 0 aromatic heterocycles. The van der Waals surface area contributed by atoms with Gasteiger partial charge < -0.3 is 20.5 Å². The second kappa shape index (κ2) is 6.55. The van der Waals surface area contributed by atoms with Crippen LogP contribution in [0.3, 0.4) is 0 Å². The van der Waals surface area contributed by atoms with Gasteiger partial charge in [0.15, 0.2) is 0 Å². The molecule has 0 unspecified atom stereocenters. The Labute approximate surface area is 141 Å². The van der Waals surface area contributed by atoms with Gasteiger partial charge in [-0.2, -0.15) is 0 Å². The van der Waals surface area contributed by atoms with Gasteiger partial charge in [0.2, 0.25) is 0 Å². The molecule has 0 bridgehead atoms. The number of nitrogens with one attached hydrogen (secondary N) is 2. The van der Waals surface area contributed by atoms with E-state index in [1.165, 1.54) is 12.1 Å². The van der Waals surface area contributed by atoms with Crippen LogP contribution < -0.4 is 10.6 Å². The van der Waals surface area contributed by atoms with E-state index in [0.717, 1.165) is 0 Å². The lowest BCUT2D eigenvalue weighted by Crippen LogP contribution is -2.46. The summed E-state index contributed by atoms with van der Waals surface area (Å²) < 4.78 is 5.60. The van der Waals surface area contributed by atoms with Crippen LogP contribution in [0.15, 0.2) is 35.5 Å². The van der Waals surface area contributed by atoms with Gasteiger partial charge in [0.25, 0.3) is 0 Å². The van der Waals surface area contributed by atoms with Gasteiger partial charge in [-0.05, 0) is 37.0 Å². The van der Waals surface area contributed by atoms with E-state index in [0.29, 0.717) is 16.8 Å². The van der Waals surface area contributed by atoms with Crippen molar-refractivity contribution in [1.82, 2.24) is 10.6 Å². The Morgan fingerprint density at radius 2 is 1.83 bits per heavy atom. The fourth-order valence-corrected chi connectivity index (χ4v) is 2.28. The summed E-state index contributed by atoms with van der Waals surface area (Å²) in [4.78, 5) is 24.5. The number of ether oxygens (including phenoxy) is 1. The highest BCUT2D eigenvalue weighted by Crippen LogP contribution is 2.30. The standard InChI is InChI=1S/C18H24N2O4/c1-10-14(16(22)24-11(2)18(3,4)5)15(20-17(23)19-10)12-6-8-13(21)9-7-12/h6-9,11,15,21H,1-5H3,(H2,19,20,23)/t11-,15+/m0/s1. The number of carbonyl (C=O) groups excluding carboxylic acids is 2. The number of amides is 2. The summed E-state index contributed by atoms with van der Waals surface area (Å²) in [6, 6.07) is 5.35. The summed E-state index contributed by atoms with van der Waals surface area (Å²) in [7, 11) is 0. The predicted molar refractivity (Wildman–Crippen MR) is 90.2 cm³/mol. The van der Waals surface area contributed by atoms with Crippen molar-refractivity contribution in [3.05, 3.63) is 41.1 Å². The maximum atomic E-state index is 12.7. The summed E-state index contributed by atoms with van der Waals surface area (Å²) in [5.74, 6) is -0.356. The van der Waals surface area contributed by atoms with Gasteiger partial charge >= 0.3 is 12.0 Å². The lowest BCUT2D eigenvalue weighted by Gasteiger charge is -2.31. The molecule has 1 aliphatic rings. The molecule has 3 N–H and O–H groups in total. The third kappa shape index (κ3) is 3.88. The minimum Gasteiger partial charge on any atom is -0.508 e. The zero-order valence-corrected chi connectivity index (χ0v) is 14.6. The zero-order valence-electron chi connectivity index (χ0n) is 14.6. The number of benzene rings is 1. The number of urea groups is 1.